The van der Waals surface area contributed by atoms with Crippen molar-refractivity contribution in [1.82, 2.24) is 14.9 Å². The van der Waals surface area contributed by atoms with E-state index in [-0.39, 0.29) is 0 Å². The van der Waals surface area contributed by atoms with Gasteiger partial charge in [-0.25, -0.2) is 4.98 Å². The van der Waals surface area contributed by atoms with Crippen LogP contribution in [0.4, 0.5) is 23.1 Å². The molecule has 6 heteroatoms. The summed E-state index contributed by atoms with van der Waals surface area (Å²) in [6, 6.07) is 10.6. The van der Waals surface area contributed by atoms with E-state index in [4.69, 9.17) is 4.98 Å². The average molecular weight is 352 g/mol. The molecular weight excluding hydrogens is 324 g/mol. The predicted octanol–water partition coefficient (Wildman–Crippen LogP) is 2.96. The molecule has 4 rings (SSSR count). The zero-order valence-electron chi connectivity index (χ0n) is 15.6. The molecule has 1 aromatic heterocycles. The molecule has 0 saturated carbocycles. The SMILES string of the molecule is CCN1CCN(c2nccc(Nc3ccc(N4CCCC4)cc3)n2)CC1. The summed E-state index contributed by atoms with van der Waals surface area (Å²) < 4.78 is 0. The summed E-state index contributed by atoms with van der Waals surface area (Å²) in [7, 11) is 0. The first-order chi connectivity index (χ1) is 12.8. The predicted molar refractivity (Wildman–Crippen MR) is 108 cm³/mol. The van der Waals surface area contributed by atoms with E-state index in [0.717, 1.165) is 50.2 Å². The van der Waals surface area contributed by atoms with E-state index in [1.165, 1.54) is 31.6 Å². The summed E-state index contributed by atoms with van der Waals surface area (Å²) in [6.07, 6.45) is 4.45. The molecule has 0 bridgehead atoms. The lowest BCUT2D eigenvalue weighted by molar-refractivity contribution is 0.270. The van der Waals surface area contributed by atoms with Crippen LogP contribution in [0.3, 0.4) is 0 Å². The van der Waals surface area contributed by atoms with Crippen molar-refractivity contribution < 1.29 is 0 Å². The van der Waals surface area contributed by atoms with Crippen LogP contribution in [0.25, 0.3) is 0 Å². The summed E-state index contributed by atoms with van der Waals surface area (Å²) in [5.41, 5.74) is 2.37. The Morgan fingerprint density at radius 2 is 1.62 bits per heavy atom. The molecular formula is C20H28N6. The van der Waals surface area contributed by atoms with Gasteiger partial charge in [0.1, 0.15) is 5.82 Å². The third-order valence-corrected chi connectivity index (χ3v) is 5.36. The third kappa shape index (κ3) is 3.90. The summed E-state index contributed by atoms with van der Waals surface area (Å²) in [5.74, 6) is 1.67. The van der Waals surface area contributed by atoms with Crippen molar-refractivity contribution in [3.8, 4) is 0 Å². The van der Waals surface area contributed by atoms with Gasteiger partial charge in [0.25, 0.3) is 0 Å². The number of nitrogens with one attached hydrogen (secondary N) is 1. The van der Waals surface area contributed by atoms with E-state index in [1.54, 1.807) is 0 Å². The van der Waals surface area contributed by atoms with Gasteiger partial charge in [0.05, 0.1) is 0 Å². The number of nitrogens with zero attached hydrogens (tertiary/aromatic N) is 5. The lowest BCUT2D eigenvalue weighted by atomic mass is 10.2. The van der Waals surface area contributed by atoms with Crippen molar-refractivity contribution in [1.29, 1.82) is 0 Å². The molecule has 2 aliphatic rings. The highest BCUT2D eigenvalue weighted by Crippen LogP contribution is 2.24. The maximum absolute atomic E-state index is 4.72. The van der Waals surface area contributed by atoms with Gasteiger partial charge < -0.3 is 20.0 Å². The molecule has 2 aliphatic heterocycles. The Morgan fingerprint density at radius 1 is 0.885 bits per heavy atom. The van der Waals surface area contributed by atoms with Gasteiger partial charge in [0.2, 0.25) is 5.95 Å². The van der Waals surface area contributed by atoms with Crippen LogP contribution in [0.5, 0.6) is 0 Å². The molecule has 1 aromatic carbocycles. The molecule has 0 radical (unpaired) electrons. The van der Waals surface area contributed by atoms with Gasteiger partial charge in [-0.1, -0.05) is 6.92 Å². The average Bonchev–Trinajstić information content (AvgIpc) is 3.24. The Balaban J connectivity index is 1.40. The zero-order valence-corrected chi connectivity index (χ0v) is 15.6. The van der Waals surface area contributed by atoms with Gasteiger partial charge in [-0.3, -0.25) is 0 Å². The van der Waals surface area contributed by atoms with Crippen LogP contribution >= 0.6 is 0 Å². The van der Waals surface area contributed by atoms with Crippen LogP contribution < -0.4 is 15.1 Å². The molecule has 0 amide bonds. The van der Waals surface area contributed by atoms with E-state index in [2.05, 4.69) is 56.2 Å². The first-order valence-electron chi connectivity index (χ1n) is 9.74. The van der Waals surface area contributed by atoms with Crippen molar-refractivity contribution in [3.05, 3.63) is 36.5 Å². The van der Waals surface area contributed by atoms with E-state index in [1.807, 2.05) is 12.3 Å². The highest BCUT2D eigenvalue weighted by atomic mass is 15.3. The summed E-state index contributed by atoms with van der Waals surface area (Å²) >= 11 is 0. The summed E-state index contributed by atoms with van der Waals surface area (Å²) in [6.45, 7) is 9.81. The monoisotopic (exact) mass is 352 g/mol. The molecule has 3 heterocycles. The standard InChI is InChI=1S/C20H28N6/c1-2-24-13-15-26(16-14-24)20-21-10-9-19(23-20)22-17-5-7-18(8-6-17)25-11-3-4-12-25/h5-10H,2-4,11-16H2,1H3,(H,21,22,23). The normalized spacial score (nSPS) is 18.3. The molecule has 2 fully saturated rings. The molecule has 26 heavy (non-hydrogen) atoms. The molecule has 0 unspecified atom stereocenters. The second-order valence-electron chi connectivity index (χ2n) is 7.03. The quantitative estimate of drug-likeness (QED) is 0.893. The minimum atomic E-state index is 0.819. The fraction of sp³-hybridized carbons (Fsp3) is 0.500. The van der Waals surface area contributed by atoms with Gasteiger partial charge in [-0.15, -0.1) is 0 Å². The second-order valence-corrected chi connectivity index (χ2v) is 7.03. The van der Waals surface area contributed by atoms with Crippen molar-refractivity contribution in [2.45, 2.75) is 19.8 Å². The summed E-state index contributed by atoms with van der Waals surface area (Å²) in [5, 5.41) is 3.41. The number of rotatable bonds is 5. The molecule has 2 aromatic rings. The van der Waals surface area contributed by atoms with Gasteiger partial charge >= 0.3 is 0 Å². The Bertz CT molecular complexity index is 702. The highest BCUT2D eigenvalue weighted by Gasteiger charge is 2.18. The summed E-state index contributed by atoms with van der Waals surface area (Å²) in [4.78, 5) is 16.4. The molecule has 138 valence electrons. The molecule has 0 aliphatic carbocycles. The van der Waals surface area contributed by atoms with Crippen LogP contribution in [0.15, 0.2) is 36.5 Å². The number of anilines is 4. The maximum atomic E-state index is 4.72. The van der Waals surface area contributed by atoms with Crippen LogP contribution in [0.1, 0.15) is 19.8 Å². The van der Waals surface area contributed by atoms with Gasteiger partial charge in [-0.2, -0.15) is 4.98 Å². The van der Waals surface area contributed by atoms with Crippen molar-refractivity contribution in [3.63, 3.8) is 0 Å². The van der Waals surface area contributed by atoms with Crippen LogP contribution in [0, 0.1) is 0 Å². The third-order valence-electron chi connectivity index (χ3n) is 5.36. The molecule has 2 saturated heterocycles. The van der Waals surface area contributed by atoms with Crippen molar-refractivity contribution in [2.75, 3.05) is 60.9 Å². The van der Waals surface area contributed by atoms with Crippen molar-refractivity contribution >= 4 is 23.1 Å². The van der Waals surface area contributed by atoms with Crippen LogP contribution in [-0.2, 0) is 0 Å². The van der Waals surface area contributed by atoms with E-state index < -0.39 is 0 Å². The lowest BCUT2D eigenvalue weighted by Crippen LogP contribution is -2.46. The number of benzene rings is 1. The highest BCUT2D eigenvalue weighted by molar-refractivity contribution is 5.61. The Labute approximate surface area is 155 Å². The first kappa shape index (κ1) is 17.1. The number of aromatic nitrogens is 2. The Morgan fingerprint density at radius 3 is 2.31 bits per heavy atom. The van der Waals surface area contributed by atoms with Gasteiger partial charge in [0, 0.05) is 56.8 Å². The van der Waals surface area contributed by atoms with E-state index >= 15 is 0 Å². The largest absolute Gasteiger partial charge is 0.372 e. The number of hydrogen-bond acceptors (Lipinski definition) is 6. The second kappa shape index (κ2) is 7.91. The molecule has 0 atom stereocenters. The Hall–Kier alpha value is -2.34. The van der Waals surface area contributed by atoms with Gasteiger partial charge in [-0.05, 0) is 49.7 Å². The molecule has 6 nitrogen and oxygen atoms in total. The van der Waals surface area contributed by atoms with E-state index in [9.17, 15) is 0 Å². The number of piperazine rings is 1. The number of hydrogen-bond donors (Lipinski definition) is 1. The fourth-order valence-corrected chi connectivity index (χ4v) is 3.71. The molecule has 1 N–H and O–H groups in total. The molecule has 0 spiro atoms. The number of likely N-dealkylation sites (N-methyl/N-ethyl adjacent to an activating group) is 1. The van der Waals surface area contributed by atoms with Crippen molar-refractivity contribution in [2.24, 2.45) is 0 Å². The van der Waals surface area contributed by atoms with Gasteiger partial charge in [0.15, 0.2) is 0 Å². The maximum Gasteiger partial charge on any atom is 0.227 e. The first-order valence-corrected chi connectivity index (χ1v) is 9.74. The topological polar surface area (TPSA) is 47.5 Å². The lowest BCUT2D eigenvalue weighted by Gasteiger charge is -2.34. The van der Waals surface area contributed by atoms with E-state index in [0.29, 0.717) is 0 Å². The van der Waals surface area contributed by atoms with Crippen LogP contribution in [-0.4, -0.2) is 60.7 Å². The Kier molecular flexibility index (Phi) is 5.20. The minimum absolute atomic E-state index is 0.819. The fourth-order valence-electron chi connectivity index (χ4n) is 3.71. The smallest absolute Gasteiger partial charge is 0.227 e. The zero-order chi connectivity index (χ0) is 17.8. The minimum Gasteiger partial charge on any atom is -0.372 e. The van der Waals surface area contributed by atoms with Crippen LogP contribution in [0.2, 0.25) is 0 Å².